The average Bonchev–Trinajstić information content (AvgIpc) is 2.41. The Labute approximate surface area is 113 Å². The van der Waals surface area contributed by atoms with Gasteiger partial charge in [0.2, 0.25) is 0 Å². The van der Waals surface area contributed by atoms with Crippen molar-refractivity contribution in [3.8, 4) is 0 Å². The van der Waals surface area contributed by atoms with Gasteiger partial charge in [-0.1, -0.05) is 60.7 Å². The molecule has 0 N–H and O–H groups in total. The molecular formula is C17H21P. The van der Waals surface area contributed by atoms with Crippen molar-refractivity contribution >= 4 is 9.24 Å². The van der Waals surface area contributed by atoms with E-state index < -0.39 is 0 Å². The maximum atomic E-state index is 2.99. The monoisotopic (exact) mass is 256 g/mol. The Morgan fingerprint density at radius 1 is 0.778 bits per heavy atom. The molecule has 18 heavy (non-hydrogen) atoms. The van der Waals surface area contributed by atoms with Gasteiger partial charge in [0.25, 0.3) is 0 Å². The summed E-state index contributed by atoms with van der Waals surface area (Å²) in [5.41, 5.74) is 3.59. The van der Waals surface area contributed by atoms with Gasteiger partial charge in [-0.3, -0.25) is 0 Å². The number of hydrogen-bond donors (Lipinski definition) is 0. The van der Waals surface area contributed by atoms with E-state index in [1.807, 2.05) is 0 Å². The minimum Gasteiger partial charge on any atom is -0.134 e. The highest BCUT2D eigenvalue weighted by atomic mass is 31.0. The molecule has 0 aliphatic heterocycles. The molecule has 2 aromatic carbocycles. The number of aryl methyl sites for hydroxylation is 1. The third kappa shape index (κ3) is 4.63. The van der Waals surface area contributed by atoms with Gasteiger partial charge in [0.15, 0.2) is 0 Å². The molecule has 0 saturated carbocycles. The molecule has 0 heterocycles. The molecule has 0 aromatic heterocycles. The van der Waals surface area contributed by atoms with Gasteiger partial charge in [0.05, 0.1) is 0 Å². The molecule has 0 radical (unpaired) electrons. The molecule has 94 valence electrons. The van der Waals surface area contributed by atoms with Gasteiger partial charge in [0.1, 0.15) is 0 Å². The zero-order valence-electron chi connectivity index (χ0n) is 10.8. The van der Waals surface area contributed by atoms with E-state index in [0.29, 0.717) is 5.66 Å². The highest BCUT2D eigenvalue weighted by Crippen LogP contribution is 2.16. The molecule has 0 aliphatic rings. The molecule has 0 aliphatic carbocycles. The Morgan fingerprint density at radius 3 is 1.94 bits per heavy atom. The molecule has 1 heteroatoms. The second-order valence-corrected chi connectivity index (χ2v) is 5.77. The fourth-order valence-electron chi connectivity index (χ4n) is 2.23. The van der Waals surface area contributed by atoms with Crippen molar-refractivity contribution < 1.29 is 0 Å². The Hall–Kier alpha value is -1.13. The molecule has 2 rings (SSSR count). The van der Waals surface area contributed by atoms with Crippen molar-refractivity contribution in [3.63, 3.8) is 0 Å². The van der Waals surface area contributed by atoms with E-state index in [1.54, 1.807) is 0 Å². The maximum Gasteiger partial charge on any atom is -0.0216 e. The maximum absolute atomic E-state index is 2.99. The van der Waals surface area contributed by atoms with Crippen LogP contribution in [-0.4, -0.2) is 5.66 Å². The summed E-state index contributed by atoms with van der Waals surface area (Å²) in [6, 6.07) is 21.5. The fourth-order valence-corrected chi connectivity index (χ4v) is 2.74. The minimum absolute atomic E-state index is 0.691. The standard InChI is InChI=1S/C17H21P/c18-17(14-16-10-5-2-6-11-16)13-7-12-15-8-3-1-4-9-15/h1-6,8-11,17H,7,12-14,18H2. The van der Waals surface area contributed by atoms with E-state index in [2.05, 4.69) is 69.9 Å². The summed E-state index contributed by atoms with van der Waals surface area (Å²) in [5, 5.41) is 0. The SMILES string of the molecule is PC(CCCc1ccccc1)Cc1ccccc1. The van der Waals surface area contributed by atoms with Crippen molar-refractivity contribution in [1.82, 2.24) is 0 Å². The van der Waals surface area contributed by atoms with E-state index in [4.69, 9.17) is 0 Å². The third-order valence-electron chi connectivity index (χ3n) is 3.22. The molecule has 0 nitrogen and oxygen atoms in total. The molecule has 0 amide bonds. The highest BCUT2D eigenvalue weighted by molar-refractivity contribution is 7.17. The highest BCUT2D eigenvalue weighted by Gasteiger charge is 2.03. The Kier molecular flexibility index (Phi) is 5.42. The summed E-state index contributed by atoms with van der Waals surface area (Å²) in [7, 11) is 2.99. The van der Waals surface area contributed by atoms with Crippen LogP contribution < -0.4 is 0 Å². The first-order valence-electron chi connectivity index (χ1n) is 6.68. The molecule has 0 saturated heterocycles. The van der Waals surface area contributed by atoms with Crippen LogP contribution in [0.2, 0.25) is 0 Å². The van der Waals surface area contributed by atoms with Crippen LogP contribution in [0.4, 0.5) is 0 Å². The summed E-state index contributed by atoms with van der Waals surface area (Å²) in [6.45, 7) is 0. The number of benzene rings is 2. The van der Waals surface area contributed by atoms with Gasteiger partial charge in [-0.2, -0.15) is 0 Å². The molecular weight excluding hydrogens is 235 g/mol. The lowest BCUT2D eigenvalue weighted by molar-refractivity contribution is 0.693. The zero-order valence-corrected chi connectivity index (χ0v) is 11.9. The van der Waals surface area contributed by atoms with Crippen LogP contribution in [0.3, 0.4) is 0 Å². The van der Waals surface area contributed by atoms with Crippen LogP contribution in [0.25, 0.3) is 0 Å². The van der Waals surface area contributed by atoms with Crippen LogP contribution >= 0.6 is 9.24 Å². The second kappa shape index (κ2) is 7.34. The largest absolute Gasteiger partial charge is 0.134 e. The van der Waals surface area contributed by atoms with Crippen molar-refractivity contribution in [3.05, 3.63) is 71.8 Å². The van der Waals surface area contributed by atoms with Gasteiger partial charge in [-0.15, -0.1) is 9.24 Å². The molecule has 2 atom stereocenters. The van der Waals surface area contributed by atoms with Gasteiger partial charge in [0, 0.05) is 0 Å². The first-order chi connectivity index (χ1) is 8.84. The van der Waals surface area contributed by atoms with Crippen molar-refractivity contribution in [1.29, 1.82) is 0 Å². The summed E-state index contributed by atoms with van der Waals surface area (Å²) in [4.78, 5) is 0. The normalized spacial score (nSPS) is 12.3. The van der Waals surface area contributed by atoms with Crippen LogP contribution in [0.15, 0.2) is 60.7 Å². The molecule has 0 spiro atoms. The zero-order chi connectivity index (χ0) is 12.6. The van der Waals surface area contributed by atoms with Crippen molar-refractivity contribution in [2.45, 2.75) is 31.3 Å². The summed E-state index contributed by atoms with van der Waals surface area (Å²) < 4.78 is 0. The third-order valence-corrected chi connectivity index (χ3v) is 3.79. The van der Waals surface area contributed by atoms with Crippen LogP contribution in [-0.2, 0) is 12.8 Å². The van der Waals surface area contributed by atoms with E-state index in [-0.39, 0.29) is 0 Å². The van der Waals surface area contributed by atoms with Gasteiger partial charge in [-0.25, -0.2) is 0 Å². The predicted molar refractivity (Wildman–Crippen MR) is 83.0 cm³/mol. The van der Waals surface area contributed by atoms with Crippen molar-refractivity contribution in [2.75, 3.05) is 0 Å². The summed E-state index contributed by atoms with van der Waals surface area (Å²) >= 11 is 0. The quantitative estimate of drug-likeness (QED) is 0.668. The van der Waals surface area contributed by atoms with E-state index in [0.717, 1.165) is 0 Å². The average molecular weight is 256 g/mol. The first-order valence-corrected chi connectivity index (χ1v) is 7.34. The Balaban J connectivity index is 1.71. The van der Waals surface area contributed by atoms with E-state index in [1.165, 1.54) is 36.8 Å². The van der Waals surface area contributed by atoms with Gasteiger partial charge < -0.3 is 0 Å². The summed E-state index contributed by atoms with van der Waals surface area (Å²) in [6.07, 6.45) is 4.90. The molecule has 2 unspecified atom stereocenters. The van der Waals surface area contributed by atoms with E-state index in [9.17, 15) is 0 Å². The molecule has 0 fully saturated rings. The topological polar surface area (TPSA) is 0 Å². The Morgan fingerprint density at radius 2 is 1.33 bits per heavy atom. The molecule has 0 bridgehead atoms. The number of rotatable bonds is 6. The fraction of sp³-hybridized carbons (Fsp3) is 0.294. The van der Waals surface area contributed by atoms with Crippen LogP contribution in [0.5, 0.6) is 0 Å². The lowest BCUT2D eigenvalue weighted by atomic mass is 10.0. The smallest absolute Gasteiger partial charge is 0.0216 e. The molecule has 2 aromatic rings. The van der Waals surface area contributed by atoms with Crippen molar-refractivity contribution in [2.24, 2.45) is 0 Å². The van der Waals surface area contributed by atoms with Gasteiger partial charge in [-0.05, 0) is 42.5 Å². The second-order valence-electron chi connectivity index (χ2n) is 4.83. The minimum atomic E-state index is 0.691. The van der Waals surface area contributed by atoms with E-state index >= 15 is 0 Å². The first kappa shape index (κ1) is 13.3. The predicted octanol–water partition coefficient (Wildman–Crippen LogP) is 4.50. The lowest BCUT2D eigenvalue weighted by Crippen LogP contribution is -2.03. The summed E-state index contributed by atoms with van der Waals surface area (Å²) in [5.74, 6) is 0. The Bertz CT molecular complexity index is 436. The van der Waals surface area contributed by atoms with Crippen LogP contribution in [0.1, 0.15) is 24.0 Å². The van der Waals surface area contributed by atoms with Crippen LogP contribution in [0, 0.1) is 0 Å². The van der Waals surface area contributed by atoms with Gasteiger partial charge >= 0.3 is 0 Å². The lowest BCUT2D eigenvalue weighted by Gasteiger charge is -2.11. The number of hydrogen-bond acceptors (Lipinski definition) is 0.